The quantitative estimate of drug-likeness (QED) is 0.338. The van der Waals surface area contributed by atoms with Gasteiger partial charge in [0.1, 0.15) is 0 Å². The van der Waals surface area contributed by atoms with Crippen molar-refractivity contribution in [3.63, 3.8) is 0 Å². The zero-order valence-electron chi connectivity index (χ0n) is 19.9. The molecule has 182 valence electrons. The molecule has 0 spiro atoms. The second-order valence-corrected chi connectivity index (χ2v) is 9.34. The van der Waals surface area contributed by atoms with Gasteiger partial charge in [-0.2, -0.15) is 0 Å². The Morgan fingerprint density at radius 1 is 1.00 bits per heavy atom. The molecule has 1 aliphatic carbocycles. The Bertz CT molecular complexity index is 1250. The van der Waals surface area contributed by atoms with Crippen molar-refractivity contribution in [1.29, 1.82) is 0 Å². The molecule has 2 aromatic carbocycles. The summed E-state index contributed by atoms with van der Waals surface area (Å²) in [7, 11) is 2.91. The van der Waals surface area contributed by atoms with Crippen LogP contribution in [0.5, 0.6) is 11.5 Å². The number of esters is 1. The number of anilines is 1. The molecule has 1 heterocycles. The summed E-state index contributed by atoms with van der Waals surface area (Å²) in [5, 5.41) is 4.65. The average Bonchev–Trinajstić information content (AvgIpc) is 3.54. The van der Waals surface area contributed by atoms with E-state index in [0.717, 1.165) is 24.1 Å². The van der Waals surface area contributed by atoms with Gasteiger partial charge < -0.3 is 19.5 Å². The summed E-state index contributed by atoms with van der Waals surface area (Å²) in [6.45, 7) is 1.54. The maximum absolute atomic E-state index is 13.1. The minimum atomic E-state index is -1.01. The molecule has 1 aliphatic rings. The molecule has 0 aliphatic heterocycles. The zero-order chi connectivity index (χ0) is 24.9. The molecule has 0 saturated carbocycles. The molecule has 35 heavy (non-hydrogen) atoms. The van der Waals surface area contributed by atoms with Gasteiger partial charge in [0.25, 0.3) is 0 Å². The van der Waals surface area contributed by atoms with Crippen molar-refractivity contribution >= 4 is 34.7 Å². The van der Waals surface area contributed by atoms with Crippen LogP contribution in [-0.2, 0) is 28.8 Å². The fourth-order valence-electron chi connectivity index (χ4n) is 4.15. The third kappa shape index (κ3) is 5.54. The first kappa shape index (κ1) is 24.5. The fourth-order valence-corrected chi connectivity index (χ4v) is 4.86. The van der Waals surface area contributed by atoms with Gasteiger partial charge >= 0.3 is 5.97 Å². The fraction of sp³-hybridized carbons (Fsp3) is 0.296. The van der Waals surface area contributed by atoms with Crippen molar-refractivity contribution < 1.29 is 28.6 Å². The highest BCUT2D eigenvalue weighted by Crippen LogP contribution is 2.34. The highest BCUT2D eigenvalue weighted by Gasteiger charge is 2.25. The number of ketones is 1. The lowest BCUT2D eigenvalue weighted by Gasteiger charge is -2.17. The smallest absolute Gasteiger partial charge is 0.341 e. The number of ether oxygens (including phenoxy) is 3. The number of methoxy groups -OCH3 is 2. The Morgan fingerprint density at radius 2 is 1.74 bits per heavy atom. The lowest BCUT2D eigenvalue weighted by atomic mass is 10.0. The largest absolute Gasteiger partial charge is 0.493 e. The van der Waals surface area contributed by atoms with Crippen molar-refractivity contribution in [1.82, 2.24) is 0 Å². The molecule has 1 atom stereocenters. The highest BCUT2D eigenvalue weighted by molar-refractivity contribution is 7.10. The van der Waals surface area contributed by atoms with Gasteiger partial charge in [-0.1, -0.05) is 18.2 Å². The van der Waals surface area contributed by atoms with Gasteiger partial charge in [-0.3, -0.25) is 9.59 Å². The maximum Gasteiger partial charge on any atom is 0.341 e. The van der Waals surface area contributed by atoms with Crippen LogP contribution in [0.2, 0.25) is 0 Å². The molecule has 7 nitrogen and oxygen atoms in total. The minimum Gasteiger partial charge on any atom is -0.493 e. The molecule has 3 aromatic rings. The van der Waals surface area contributed by atoms with E-state index in [2.05, 4.69) is 5.32 Å². The molecule has 1 unspecified atom stereocenters. The molecule has 1 amide bonds. The Morgan fingerprint density at radius 3 is 2.46 bits per heavy atom. The van der Waals surface area contributed by atoms with E-state index < -0.39 is 12.1 Å². The van der Waals surface area contributed by atoms with Crippen molar-refractivity contribution in [2.75, 3.05) is 19.5 Å². The molecule has 1 aromatic heterocycles. The zero-order valence-corrected chi connectivity index (χ0v) is 20.7. The van der Waals surface area contributed by atoms with Gasteiger partial charge in [0.05, 0.1) is 31.9 Å². The van der Waals surface area contributed by atoms with Gasteiger partial charge in [0.15, 0.2) is 17.6 Å². The number of carbonyl (C=O) groups is 3. The van der Waals surface area contributed by atoms with Gasteiger partial charge in [0, 0.05) is 22.6 Å². The van der Waals surface area contributed by atoms with Crippen LogP contribution >= 0.6 is 11.3 Å². The second-order valence-electron chi connectivity index (χ2n) is 8.31. The van der Waals surface area contributed by atoms with Crippen LogP contribution in [0.3, 0.4) is 0 Å². The summed E-state index contributed by atoms with van der Waals surface area (Å²) in [5.41, 5.74) is 3.23. The predicted octanol–water partition coefficient (Wildman–Crippen LogP) is 4.86. The molecular weight excluding hydrogens is 466 g/mol. The minimum absolute atomic E-state index is 0.0655. The van der Waals surface area contributed by atoms with Crippen molar-refractivity contribution in [3.8, 4) is 11.5 Å². The number of benzene rings is 2. The monoisotopic (exact) mass is 493 g/mol. The molecule has 0 fully saturated rings. The van der Waals surface area contributed by atoms with Crippen molar-refractivity contribution in [3.05, 3.63) is 75.0 Å². The molecule has 0 saturated heterocycles. The Hall–Kier alpha value is -3.65. The van der Waals surface area contributed by atoms with Crippen LogP contribution in [0.25, 0.3) is 0 Å². The molecular formula is C27H27NO6S. The second kappa shape index (κ2) is 10.7. The van der Waals surface area contributed by atoms with Gasteiger partial charge in [-0.25, -0.2) is 4.79 Å². The van der Waals surface area contributed by atoms with Crippen LogP contribution in [0.1, 0.15) is 50.1 Å². The normalized spacial score (nSPS) is 13.0. The van der Waals surface area contributed by atoms with Crippen LogP contribution in [0.15, 0.2) is 47.8 Å². The van der Waals surface area contributed by atoms with Gasteiger partial charge in [0.2, 0.25) is 11.7 Å². The summed E-state index contributed by atoms with van der Waals surface area (Å²) in [6.07, 6.45) is 2.20. The summed E-state index contributed by atoms with van der Waals surface area (Å²) in [5.74, 6) is -0.682. The topological polar surface area (TPSA) is 90.9 Å². The maximum atomic E-state index is 13.1. The molecule has 0 radical (unpaired) electrons. The third-order valence-corrected chi connectivity index (χ3v) is 6.85. The number of aryl methyl sites for hydroxylation is 2. The number of Topliss-reactive ketones (excluding diaryl/α,β-unsaturated/α-hetero) is 1. The molecule has 8 heteroatoms. The van der Waals surface area contributed by atoms with E-state index in [1.165, 1.54) is 48.8 Å². The standard InChI is InChI=1S/C27H27NO6S/c1-16(26(30)19-10-9-17-6-4-7-18(17)12-19)34-27(31)21-14-23(32-2)24(33-3)15-22(21)28-25(29)13-20-8-5-11-35-20/h5,8-12,14-16H,4,6-7,13H2,1-3H3,(H,28,29). The third-order valence-electron chi connectivity index (χ3n) is 5.97. The molecule has 4 rings (SSSR count). The summed E-state index contributed by atoms with van der Waals surface area (Å²) < 4.78 is 16.2. The van der Waals surface area contributed by atoms with E-state index in [0.29, 0.717) is 17.1 Å². The van der Waals surface area contributed by atoms with E-state index >= 15 is 0 Å². The molecule has 1 N–H and O–H groups in total. The first-order chi connectivity index (χ1) is 16.9. The number of hydrogen-bond donors (Lipinski definition) is 1. The van der Waals surface area contributed by atoms with Gasteiger partial charge in [-0.05, 0) is 54.8 Å². The average molecular weight is 494 g/mol. The summed E-state index contributed by atoms with van der Waals surface area (Å²) >= 11 is 1.47. The number of amides is 1. The van der Waals surface area contributed by atoms with E-state index in [1.807, 2.05) is 29.6 Å². The van der Waals surface area contributed by atoms with E-state index in [4.69, 9.17) is 14.2 Å². The highest BCUT2D eigenvalue weighted by atomic mass is 32.1. The predicted molar refractivity (Wildman–Crippen MR) is 134 cm³/mol. The number of fused-ring (bicyclic) bond motifs is 1. The Kier molecular flexibility index (Phi) is 7.51. The molecule has 0 bridgehead atoms. The van der Waals surface area contributed by atoms with E-state index in [-0.39, 0.29) is 29.4 Å². The van der Waals surface area contributed by atoms with Crippen LogP contribution in [0.4, 0.5) is 5.69 Å². The summed E-state index contributed by atoms with van der Waals surface area (Å²) in [6, 6.07) is 12.3. The number of thiophene rings is 1. The Balaban J connectivity index is 1.55. The number of rotatable bonds is 9. The number of hydrogen-bond acceptors (Lipinski definition) is 7. The SMILES string of the molecule is COc1cc(NC(=O)Cc2cccs2)c(C(=O)OC(C)C(=O)c2ccc3c(c2)CCC3)cc1OC. The van der Waals surface area contributed by atoms with Crippen LogP contribution < -0.4 is 14.8 Å². The van der Waals surface area contributed by atoms with Crippen LogP contribution in [0, 0.1) is 0 Å². The number of nitrogens with one attached hydrogen (secondary N) is 1. The van der Waals surface area contributed by atoms with Gasteiger partial charge in [-0.15, -0.1) is 11.3 Å². The lowest BCUT2D eigenvalue weighted by Crippen LogP contribution is -2.25. The van der Waals surface area contributed by atoms with Crippen LogP contribution in [-0.4, -0.2) is 38.0 Å². The Labute approximate surface area is 208 Å². The summed E-state index contributed by atoms with van der Waals surface area (Å²) in [4.78, 5) is 39.7. The lowest BCUT2D eigenvalue weighted by molar-refractivity contribution is -0.115. The number of carbonyl (C=O) groups excluding carboxylic acids is 3. The first-order valence-corrected chi connectivity index (χ1v) is 12.2. The van der Waals surface area contributed by atoms with Crippen molar-refractivity contribution in [2.45, 2.75) is 38.7 Å². The van der Waals surface area contributed by atoms with E-state index in [1.54, 1.807) is 13.0 Å². The van der Waals surface area contributed by atoms with E-state index in [9.17, 15) is 14.4 Å². The first-order valence-electron chi connectivity index (χ1n) is 11.3. The van der Waals surface area contributed by atoms with Crippen molar-refractivity contribution in [2.24, 2.45) is 0 Å².